The number of nitrogens with two attached hydrogens (primary N) is 1. The lowest BCUT2D eigenvalue weighted by atomic mass is 9.85. The van der Waals surface area contributed by atoms with Gasteiger partial charge < -0.3 is 20.1 Å². The van der Waals surface area contributed by atoms with E-state index in [2.05, 4.69) is 11.8 Å². The summed E-state index contributed by atoms with van der Waals surface area (Å²) in [5, 5.41) is 0.930. The fourth-order valence-corrected chi connectivity index (χ4v) is 3.59. The van der Waals surface area contributed by atoms with Crippen molar-refractivity contribution >= 4 is 28.0 Å². The molecule has 112 valence electrons. The van der Waals surface area contributed by atoms with Gasteiger partial charge in [-0.15, -0.1) is 11.3 Å². The van der Waals surface area contributed by atoms with E-state index in [1.165, 1.54) is 37.7 Å². The summed E-state index contributed by atoms with van der Waals surface area (Å²) in [5.41, 5.74) is 6.40. The van der Waals surface area contributed by atoms with Gasteiger partial charge in [-0.1, -0.05) is 6.42 Å². The number of thiophene rings is 1. The Morgan fingerprint density at radius 2 is 2.15 bits per heavy atom. The molecule has 1 aliphatic carbocycles. The number of anilines is 2. The first-order chi connectivity index (χ1) is 9.62. The summed E-state index contributed by atoms with van der Waals surface area (Å²) in [6.07, 6.45) is 3.88. The molecule has 2 rings (SSSR count). The molecule has 0 bridgehead atoms. The number of carbonyl (C=O) groups excluding carboxylic acids is 1. The molecule has 1 saturated carbocycles. The van der Waals surface area contributed by atoms with Crippen molar-refractivity contribution in [2.24, 2.45) is 5.92 Å². The lowest BCUT2D eigenvalue weighted by molar-refractivity contribution is 0.0607. The first-order valence-corrected chi connectivity index (χ1v) is 7.73. The Labute approximate surface area is 123 Å². The van der Waals surface area contributed by atoms with Gasteiger partial charge in [-0.25, -0.2) is 4.79 Å². The maximum Gasteiger partial charge on any atom is 0.350 e. The van der Waals surface area contributed by atoms with Crippen molar-refractivity contribution in [2.45, 2.75) is 26.2 Å². The van der Waals surface area contributed by atoms with Gasteiger partial charge in [-0.05, 0) is 25.7 Å². The zero-order chi connectivity index (χ0) is 14.7. The predicted octanol–water partition coefficient (Wildman–Crippen LogP) is 2.75. The molecule has 0 aliphatic heterocycles. The Kier molecular flexibility index (Phi) is 4.75. The Morgan fingerprint density at radius 3 is 2.60 bits per heavy atom. The van der Waals surface area contributed by atoms with Gasteiger partial charge >= 0.3 is 5.97 Å². The number of rotatable bonds is 6. The average molecular weight is 298 g/mol. The van der Waals surface area contributed by atoms with E-state index in [0.717, 1.165) is 24.0 Å². The third-order valence-electron chi connectivity index (χ3n) is 3.83. The number of nitrogens with zero attached hydrogens (tertiary/aromatic N) is 1. The number of esters is 1. The molecular formula is C14H22N2O3S. The van der Waals surface area contributed by atoms with Crippen LogP contribution in [0.25, 0.3) is 0 Å². The molecule has 0 radical (unpaired) electrons. The molecule has 1 aliphatic rings. The Hall–Kier alpha value is -1.43. The summed E-state index contributed by atoms with van der Waals surface area (Å²) in [6, 6.07) is 0. The summed E-state index contributed by atoms with van der Waals surface area (Å²) in [4.78, 5) is 14.4. The maximum absolute atomic E-state index is 11.8. The first-order valence-electron chi connectivity index (χ1n) is 6.91. The van der Waals surface area contributed by atoms with Gasteiger partial charge in [0.15, 0.2) is 5.75 Å². The third kappa shape index (κ3) is 2.70. The van der Waals surface area contributed by atoms with Crippen LogP contribution in [-0.2, 0) is 4.74 Å². The van der Waals surface area contributed by atoms with Gasteiger partial charge in [0.1, 0.15) is 15.6 Å². The van der Waals surface area contributed by atoms with Crippen molar-refractivity contribution in [1.82, 2.24) is 0 Å². The Balaban J connectivity index is 2.30. The van der Waals surface area contributed by atoms with Crippen LogP contribution in [0.1, 0.15) is 35.9 Å². The molecule has 1 aromatic heterocycles. The highest BCUT2D eigenvalue weighted by Gasteiger charge is 2.27. The monoisotopic (exact) mass is 298 g/mol. The SMILES string of the molecule is CCN(CC1CCC1)c1sc(C(=O)OC)c(N)c1OC. The summed E-state index contributed by atoms with van der Waals surface area (Å²) >= 11 is 1.35. The summed E-state index contributed by atoms with van der Waals surface area (Å²) in [7, 11) is 2.94. The molecule has 1 heterocycles. The molecule has 20 heavy (non-hydrogen) atoms. The van der Waals surface area contributed by atoms with Gasteiger partial charge in [0.05, 0.1) is 14.2 Å². The van der Waals surface area contributed by atoms with Crippen LogP contribution in [0.2, 0.25) is 0 Å². The van der Waals surface area contributed by atoms with Crippen molar-refractivity contribution < 1.29 is 14.3 Å². The standard InChI is InChI=1S/C14H22N2O3S/c1-4-16(8-9-6-5-7-9)13-11(18-2)10(15)12(20-13)14(17)19-3/h9H,4-8,15H2,1-3H3. The first kappa shape index (κ1) is 15.0. The van der Waals surface area contributed by atoms with Crippen molar-refractivity contribution in [3.63, 3.8) is 0 Å². The van der Waals surface area contributed by atoms with Crippen molar-refractivity contribution in [3.05, 3.63) is 4.88 Å². The predicted molar refractivity (Wildman–Crippen MR) is 81.9 cm³/mol. The van der Waals surface area contributed by atoms with Crippen LogP contribution in [0.3, 0.4) is 0 Å². The highest BCUT2D eigenvalue weighted by molar-refractivity contribution is 7.19. The van der Waals surface area contributed by atoms with E-state index in [0.29, 0.717) is 16.3 Å². The minimum absolute atomic E-state index is 0.381. The maximum atomic E-state index is 11.8. The molecular weight excluding hydrogens is 276 g/mol. The van der Waals surface area contributed by atoms with Crippen LogP contribution in [0, 0.1) is 5.92 Å². The summed E-state index contributed by atoms with van der Waals surface area (Å²) < 4.78 is 10.2. The normalized spacial score (nSPS) is 14.8. The topological polar surface area (TPSA) is 64.8 Å². The Morgan fingerprint density at radius 1 is 1.45 bits per heavy atom. The summed E-state index contributed by atoms with van der Waals surface area (Å²) in [6.45, 7) is 3.96. The Bertz CT molecular complexity index is 483. The molecule has 0 atom stereocenters. The fourth-order valence-electron chi connectivity index (χ4n) is 2.41. The zero-order valence-corrected chi connectivity index (χ0v) is 13.1. The third-order valence-corrected chi connectivity index (χ3v) is 5.06. The number of carbonyl (C=O) groups is 1. The molecule has 1 fully saturated rings. The molecule has 0 unspecified atom stereocenters. The number of nitrogen functional groups attached to an aromatic ring is 1. The van der Waals surface area contributed by atoms with E-state index in [-0.39, 0.29) is 0 Å². The van der Waals surface area contributed by atoms with E-state index in [9.17, 15) is 4.79 Å². The van der Waals surface area contributed by atoms with Crippen LogP contribution in [0.5, 0.6) is 5.75 Å². The van der Waals surface area contributed by atoms with Crippen molar-refractivity contribution in [3.8, 4) is 5.75 Å². The zero-order valence-electron chi connectivity index (χ0n) is 12.3. The highest BCUT2D eigenvalue weighted by Crippen LogP contribution is 2.45. The van der Waals surface area contributed by atoms with Gasteiger partial charge in [0.25, 0.3) is 0 Å². The second kappa shape index (κ2) is 6.35. The van der Waals surface area contributed by atoms with Crippen LogP contribution in [0.15, 0.2) is 0 Å². The number of hydrogen-bond donors (Lipinski definition) is 1. The van der Waals surface area contributed by atoms with Gasteiger partial charge in [0, 0.05) is 13.1 Å². The average Bonchev–Trinajstić information content (AvgIpc) is 2.74. The van der Waals surface area contributed by atoms with E-state index in [1.54, 1.807) is 7.11 Å². The number of ether oxygens (including phenoxy) is 2. The quantitative estimate of drug-likeness (QED) is 0.818. The molecule has 0 amide bonds. The largest absolute Gasteiger partial charge is 0.492 e. The lowest BCUT2D eigenvalue weighted by Crippen LogP contribution is -2.32. The van der Waals surface area contributed by atoms with Crippen molar-refractivity contribution in [2.75, 3.05) is 37.9 Å². The molecule has 2 N–H and O–H groups in total. The van der Waals surface area contributed by atoms with Crippen LogP contribution < -0.4 is 15.4 Å². The lowest BCUT2D eigenvalue weighted by Gasteiger charge is -2.32. The molecule has 0 saturated heterocycles. The van der Waals surface area contributed by atoms with Crippen LogP contribution in [-0.4, -0.2) is 33.3 Å². The second-order valence-electron chi connectivity index (χ2n) is 5.01. The molecule has 6 heteroatoms. The summed E-state index contributed by atoms with van der Waals surface area (Å²) in [5.74, 6) is 0.929. The van der Waals surface area contributed by atoms with Crippen LogP contribution >= 0.6 is 11.3 Å². The number of methoxy groups -OCH3 is 2. The van der Waals surface area contributed by atoms with Crippen LogP contribution in [0.4, 0.5) is 10.7 Å². The minimum atomic E-state index is -0.406. The van der Waals surface area contributed by atoms with E-state index >= 15 is 0 Å². The van der Waals surface area contributed by atoms with Gasteiger partial charge in [-0.2, -0.15) is 0 Å². The molecule has 1 aromatic rings. The van der Waals surface area contributed by atoms with E-state index in [4.69, 9.17) is 15.2 Å². The fraction of sp³-hybridized carbons (Fsp3) is 0.643. The molecule has 0 aromatic carbocycles. The molecule has 5 nitrogen and oxygen atoms in total. The number of hydrogen-bond acceptors (Lipinski definition) is 6. The van der Waals surface area contributed by atoms with E-state index < -0.39 is 5.97 Å². The smallest absolute Gasteiger partial charge is 0.350 e. The van der Waals surface area contributed by atoms with Crippen molar-refractivity contribution in [1.29, 1.82) is 0 Å². The van der Waals surface area contributed by atoms with Gasteiger partial charge in [-0.3, -0.25) is 0 Å². The second-order valence-corrected chi connectivity index (χ2v) is 6.01. The van der Waals surface area contributed by atoms with Gasteiger partial charge in [0.2, 0.25) is 0 Å². The minimum Gasteiger partial charge on any atom is -0.492 e. The van der Waals surface area contributed by atoms with E-state index in [1.807, 2.05) is 0 Å². The highest BCUT2D eigenvalue weighted by atomic mass is 32.1. The molecule has 0 spiro atoms.